The molecule has 0 atom stereocenters. The molecule has 0 spiro atoms. The highest BCUT2D eigenvalue weighted by Gasteiger charge is 2.12. The first-order valence-electron chi connectivity index (χ1n) is 7.40. The van der Waals surface area contributed by atoms with E-state index in [9.17, 15) is 9.59 Å². The van der Waals surface area contributed by atoms with E-state index in [1.54, 1.807) is 11.3 Å². The Balaban J connectivity index is 1.94. The van der Waals surface area contributed by atoms with Gasteiger partial charge in [-0.25, -0.2) is 9.97 Å². The molecule has 2 rings (SSSR count). The molecule has 8 heteroatoms. The number of amides is 2. The third kappa shape index (κ3) is 5.18. The number of hydrogen-bond acceptors (Lipinski definition) is 6. The van der Waals surface area contributed by atoms with Crippen molar-refractivity contribution in [2.45, 2.75) is 32.2 Å². The van der Waals surface area contributed by atoms with Crippen molar-refractivity contribution in [1.29, 1.82) is 0 Å². The van der Waals surface area contributed by atoms with Crippen LogP contribution in [0.25, 0.3) is 10.2 Å². The first kappa shape index (κ1) is 17.7. The van der Waals surface area contributed by atoms with Crippen LogP contribution in [-0.4, -0.2) is 40.6 Å². The van der Waals surface area contributed by atoms with Crippen LogP contribution in [0.2, 0.25) is 0 Å². The number of carbonyl (C=O) groups excluding carboxylic acids is 2. The van der Waals surface area contributed by atoms with E-state index in [-0.39, 0.29) is 11.8 Å². The van der Waals surface area contributed by atoms with Gasteiger partial charge in [-0.15, -0.1) is 11.3 Å². The van der Waals surface area contributed by atoms with Gasteiger partial charge < -0.3 is 10.6 Å². The van der Waals surface area contributed by atoms with E-state index in [2.05, 4.69) is 33.6 Å². The molecular weight excluding hydrogens is 332 g/mol. The van der Waals surface area contributed by atoms with Crippen LogP contribution in [-0.2, 0) is 16.0 Å². The fourth-order valence-electron chi connectivity index (χ4n) is 1.96. The van der Waals surface area contributed by atoms with Crippen molar-refractivity contribution in [1.82, 2.24) is 20.6 Å². The average molecular weight is 352 g/mol. The van der Waals surface area contributed by atoms with Crippen LogP contribution in [0.5, 0.6) is 0 Å². The first-order valence-corrected chi connectivity index (χ1v) is 9.20. The molecule has 2 amide bonds. The van der Waals surface area contributed by atoms with Crippen LogP contribution in [0.3, 0.4) is 0 Å². The molecule has 2 aromatic rings. The second-order valence-corrected chi connectivity index (χ2v) is 7.06. The molecule has 0 fully saturated rings. The Hall–Kier alpha value is -1.67. The summed E-state index contributed by atoms with van der Waals surface area (Å²) in [4.78, 5) is 33.8. The summed E-state index contributed by atoms with van der Waals surface area (Å²) in [6.07, 6.45) is 0.966. The molecule has 0 aliphatic heterocycles. The molecule has 0 unspecified atom stereocenters. The number of thiophene rings is 1. The Morgan fingerprint density at radius 2 is 2.00 bits per heavy atom. The lowest BCUT2D eigenvalue weighted by Gasteiger charge is -2.06. The van der Waals surface area contributed by atoms with Crippen molar-refractivity contribution in [3.8, 4) is 0 Å². The summed E-state index contributed by atoms with van der Waals surface area (Å²) in [5.41, 5.74) is 0. The second-order valence-electron chi connectivity index (χ2n) is 4.98. The number of nitrogens with one attached hydrogen (secondary N) is 2. The van der Waals surface area contributed by atoms with E-state index in [0.717, 1.165) is 27.5 Å². The van der Waals surface area contributed by atoms with Crippen LogP contribution in [0.4, 0.5) is 0 Å². The summed E-state index contributed by atoms with van der Waals surface area (Å²) in [6.45, 7) is 6.29. The lowest BCUT2D eigenvalue weighted by atomic mass is 10.3. The Kier molecular flexibility index (Phi) is 6.35. The largest absolute Gasteiger partial charge is 0.355 e. The van der Waals surface area contributed by atoms with Gasteiger partial charge in [-0.1, -0.05) is 18.7 Å². The number of hydrogen-bond donors (Lipinski definition) is 2. The number of aromatic nitrogens is 2. The van der Waals surface area contributed by atoms with Crippen LogP contribution in [0.15, 0.2) is 11.1 Å². The van der Waals surface area contributed by atoms with E-state index >= 15 is 0 Å². The Morgan fingerprint density at radius 3 is 2.70 bits per heavy atom. The maximum Gasteiger partial charge on any atom is 0.230 e. The van der Waals surface area contributed by atoms with Crippen LogP contribution in [0.1, 0.15) is 24.5 Å². The highest BCUT2D eigenvalue weighted by atomic mass is 32.2. The fourth-order valence-corrected chi connectivity index (χ4v) is 3.91. The molecule has 2 aromatic heterocycles. The van der Waals surface area contributed by atoms with Crippen molar-refractivity contribution in [3.05, 3.63) is 16.8 Å². The molecule has 0 aromatic carbocycles. The predicted octanol–water partition coefficient (Wildman–Crippen LogP) is 1.91. The van der Waals surface area contributed by atoms with E-state index < -0.39 is 0 Å². The minimum Gasteiger partial charge on any atom is -0.355 e. The van der Waals surface area contributed by atoms with E-state index in [1.165, 1.54) is 23.6 Å². The van der Waals surface area contributed by atoms with Gasteiger partial charge in [0.1, 0.15) is 15.7 Å². The lowest BCUT2D eigenvalue weighted by molar-refractivity contribution is -0.120. The van der Waals surface area contributed by atoms with Crippen molar-refractivity contribution in [2.24, 2.45) is 0 Å². The predicted molar refractivity (Wildman–Crippen MR) is 93.9 cm³/mol. The summed E-state index contributed by atoms with van der Waals surface area (Å²) in [5, 5.41) is 7.28. The molecular formula is C15H20N4O2S2. The van der Waals surface area contributed by atoms with Gasteiger partial charge in [0.15, 0.2) is 0 Å². The average Bonchev–Trinajstić information content (AvgIpc) is 2.92. The van der Waals surface area contributed by atoms with Gasteiger partial charge in [-0.2, -0.15) is 0 Å². The third-order valence-corrected chi connectivity index (χ3v) is 5.19. The van der Waals surface area contributed by atoms with Crippen LogP contribution < -0.4 is 10.6 Å². The normalized spacial score (nSPS) is 10.7. The molecule has 0 aliphatic rings. The Labute approximate surface area is 143 Å². The first-order chi connectivity index (χ1) is 11.0. The van der Waals surface area contributed by atoms with Crippen LogP contribution in [0, 0.1) is 6.92 Å². The number of nitrogens with zero attached hydrogens (tertiary/aromatic N) is 2. The Morgan fingerprint density at radius 1 is 1.26 bits per heavy atom. The summed E-state index contributed by atoms with van der Waals surface area (Å²) in [5.74, 6) is 0.839. The van der Waals surface area contributed by atoms with Gasteiger partial charge in [0.05, 0.1) is 5.75 Å². The molecule has 0 saturated heterocycles. The standard InChI is InChI=1S/C15H20N4O2S2/c1-4-11-7-12-14(18-9(2)19-15(12)23-11)22-8-13(21)17-6-5-16-10(3)20/h7H,4-6,8H2,1-3H3,(H,16,20)(H,17,21). The lowest BCUT2D eigenvalue weighted by Crippen LogP contribution is -2.34. The number of fused-ring (bicyclic) bond motifs is 1. The minimum absolute atomic E-state index is 0.0734. The third-order valence-electron chi connectivity index (χ3n) is 3.03. The maximum absolute atomic E-state index is 11.9. The highest BCUT2D eigenvalue weighted by Crippen LogP contribution is 2.31. The van der Waals surface area contributed by atoms with E-state index in [1.807, 2.05) is 6.92 Å². The second kappa shape index (κ2) is 8.26. The smallest absolute Gasteiger partial charge is 0.230 e. The maximum atomic E-state index is 11.9. The molecule has 0 aliphatic carbocycles. The molecule has 124 valence electrons. The van der Waals surface area contributed by atoms with Gasteiger partial charge in [0.25, 0.3) is 0 Å². The van der Waals surface area contributed by atoms with Gasteiger partial charge in [-0.3, -0.25) is 9.59 Å². The molecule has 0 radical (unpaired) electrons. The van der Waals surface area contributed by atoms with Crippen molar-refractivity contribution >= 4 is 45.1 Å². The zero-order chi connectivity index (χ0) is 16.8. The number of aryl methyl sites for hydroxylation is 2. The molecule has 0 bridgehead atoms. The number of carbonyl (C=O) groups is 2. The minimum atomic E-state index is -0.100. The summed E-state index contributed by atoms with van der Waals surface area (Å²) < 4.78 is 0. The van der Waals surface area contributed by atoms with Crippen molar-refractivity contribution < 1.29 is 9.59 Å². The number of thioether (sulfide) groups is 1. The van der Waals surface area contributed by atoms with Crippen molar-refractivity contribution in [2.75, 3.05) is 18.8 Å². The monoisotopic (exact) mass is 352 g/mol. The van der Waals surface area contributed by atoms with Gasteiger partial charge >= 0.3 is 0 Å². The zero-order valence-electron chi connectivity index (χ0n) is 13.4. The highest BCUT2D eigenvalue weighted by molar-refractivity contribution is 8.00. The molecule has 2 N–H and O–H groups in total. The number of rotatable bonds is 7. The van der Waals surface area contributed by atoms with Crippen LogP contribution >= 0.6 is 23.1 Å². The zero-order valence-corrected chi connectivity index (χ0v) is 15.1. The quantitative estimate of drug-likeness (QED) is 0.452. The molecule has 23 heavy (non-hydrogen) atoms. The summed E-state index contributed by atoms with van der Waals surface area (Å²) in [6, 6.07) is 2.11. The summed E-state index contributed by atoms with van der Waals surface area (Å²) in [7, 11) is 0. The molecule has 2 heterocycles. The molecule has 6 nitrogen and oxygen atoms in total. The van der Waals surface area contributed by atoms with Crippen molar-refractivity contribution in [3.63, 3.8) is 0 Å². The topological polar surface area (TPSA) is 84.0 Å². The van der Waals surface area contributed by atoms with E-state index in [4.69, 9.17) is 0 Å². The SMILES string of the molecule is CCc1cc2c(SCC(=O)NCCNC(C)=O)nc(C)nc2s1. The van der Waals surface area contributed by atoms with Gasteiger partial charge in [0.2, 0.25) is 11.8 Å². The van der Waals surface area contributed by atoms with Gasteiger partial charge in [0, 0.05) is 30.3 Å². The Bertz CT molecular complexity index is 715. The summed E-state index contributed by atoms with van der Waals surface area (Å²) >= 11 is 3.09. The fraction of sp³-hybridized carbons (Fsp3) is 0.467. The van der Waals surface area contributed by atoms with E-state index in [0.29, 0.717) is 18.8 Å². The van der Waals surface area contributed by atoms with Gasteiger partial charge in [-0.05, 0) is 19.4 Å². The molecule has 0 saturated carbocycles.